The summed E-state index contributed by atoms with van der Waals surface area (Å²) in [4.78, 5) is 12.6. The van der Waals surface area contributed by atoms with Crippen LogP contribution in [0, 0.1) is 0 Å². The van der Waals surface area contributed by atoms with Gasteiger partial charge in [0.1, 0.15) is 5.75 Å². The number of nitrogens with one attached hydrogen (secondary N) is 2. The number of amides is 1. The molecular weight excluding hydrogens is 408 g/mol. The highest BCUT2D eigenvalue weighted by Crippen LogP contribution is 2.12. The predicted molar refractivity (Wildman–Crippen MR) is 127 cm³/mol. The zero-order valence-corrected chi connectivity index (χ0v) is 18.1. The van der Waals surface area contributed by atoms with E-state index in [2.05, 4.69) is 10.6 Å². The van der Waals surface area contributed by atoms with Crippen LogP contribution in [0.25, 0.3) is 6.08 Å². The molecule has 3 N–H and O–H groups in total. The number of carbonyl (C=O) groups excluding carboxylic acids is 1. The van der Waals surface area contributed by atoms with Gasteiger partial charge in [0.2, 0.25) is 0 Å². The molecule has 0 aliphatic rings. The van der Waals surface area contributed by atoms with E-state index in [1.165, 1.54) is 0 Å². The van der Waals surface area contributed by atoms with Crippen LogP contribution in [0.1, 0.15) is 33.5 Å². The van der Waals surface area contributed by atoms with Crippen molar-refractivity contribution in [1.29, 1.82) is 0 Å². The van der Waals surface area contributed by atoms with Crippen LogP contribution >= 0.6 is 11.6 Å². The number of aromatic hydroxyl groups is 1. The topological polar surface area (TPSA) is 61.4 Å². The van der Waals surface area contributed by atoms with Crippen LogP contribution in [-0.4, -0.2) is 24.1 Å². The first-order valence-corrected chi connectivity index (χ1v) is 10.8. The highest BCUT2D eigenvalue weighted by molar-refractivity contribution is 6.30. The van der Waals surface area contributed by atoms with Gasteiger partial charge in [-0.1, -0.05) is 66.2 Å². The summed E-state index contributed by atoms with van der Waals surface area (Å²) in [6, 6.07) is 22.5. The minimum Gasteiger partial charge on any atom is -0.508 e. The van der Waals surface area contributed by atoms with Gasteiger partial charge < -0.3 is 15.7 Å². The number of carbonyl (C=O) groups is 1. The zero-order valence-electron chi connectivity index (χ0n) is 17.4. The van der Waals surface area contributed by atoms with Crippen molar-refractivity contribution in [3.8, 4) is 5.75 Å². The van der Waals surface area contributed by atoms with E-state index in [1.54, 1.807) is 12.1 Å². The summed E-state index contributed by atoms with van der Waals surface area (Å²) in [5.74, 6) is 0.216. The number of rotatable bonds is 10. The minimum absolute atomic E-state index is 0.0594. The van der Waals surface area contributed by atoms with E-state index in [9.17, 15) is 9.90 Å². The Labute approximate surface area is 188 Å². The summed E-state index contributed by atoms with van der Waals surface area (Å²) in [7, 11) is 0. The number of phenolic OH excluding ortho intramolecular Hbond substituents is 1. The first kappa shape index (κ1) is 22.6. The molecule has 3 aromatic rings. The normalized spacial score (nSPS) is 11.0. The summed E-state index contributed by atoms with van der Waals surface area (Å²) in [5.41, 5.74) is 3.91. The molecule has 3 rings (SSSR count). The lowest BCUT2D eigenvalue weighted by molar-refractivity contribution is 0.0953. The van der Waals surface area contributed by atoms with Gasteiger partial charge in [-0.05, 0) is 66.4 Å². The Balaban J connectivity index is 1.43. The number of hydrogen-bond donors (Lipinski definition) is 3. The summed E-state index contributed by atoms with van der Waals surface area (Å²) in [6.45, 7) is 1.99. The Morgan fingerprint density at radius 2 is 1.68 bits per heavy atom. The van der Waals surface area contributed by atoms with Gasteiger partial charge in [0.25, 0.3) is 5.91 Å². The molecule has 4 nitrogen and oxygen atoms in total. The van der Waals surface area contributed by atoms with Crippen molar-refractivity contribution >= 4 is 23.6 Å². The van der Waals surface area contributed by atoms with E-state index in [-0.39, 0.29) is 11.7 Å². The Bertz CT molecular complexity index is 999. The minimum atomic E-state index is -0.0594. The van der Waals surface area contributed by atoms with Crippen LogP contribution in [-0.2, 0) is 13.0 Å². The molecule has 0 saturated carbocycles. The number of benzene rings is 3. The molecule has 160 valence electrons. The summed E-state index contributed by atoms with van der Waals surface area (Å²) in [5, 5.41) is 16.5. The fraction of sp³-hybridized carbons (Fsp3) is 0.192. The number of phenols is 1. The molecule has 31 heavy (non-hydrogen) atoms. The average molecular weight is 435 g/mol. The monoisotopic (exact) mass is 434 g/mol. The molecule has 0 atom stereocenters. The SMILES string of the molecule is O=C(NCC/C=C\c1ccc(Cl)cc1)c1ccccc1CNCCc1ccc(O)cc1. The Hall–Kier alpha value is -3.08. The largest absolute Gasteiger partial charge is 0.508 e. The van der Waals surface area contributed by atoms with E-state index in [4.69, 9.17) is 11.6 Å². The smallest absolute Gasteiger partial charge is 0.251 e. The maximum absolute atomic E-state index is 12.6. The maximum Gasteiger partial charge on any atom is 0.251 e. The molecule has 0 aromatic heterocycles. The van der Waals surface area contributed by atoms with E-state index in [0.717, 1.165) is 41.1 Å². The maximum atomic E-state index is 12.6. The van der Waals surface area contributed by atoms with E-state index < -0.39 is 0 Å². The molecule has 0 fully saturated rings. The van der Waals surface area contributed by atoms with Gasteiger partial charge in [0.15, 0.2) is 0 Å². The van der Waals surface area contributed by atoms with Crippen molar-refractivity contribution in [1.82, 2.24) is 10.6 Å². The van der Waals surface area contributed by atoms with Gasteiger partial charge in [-0.25, -0.2) is 0 Å². The van der Waals surface area contributed by atoms with Crippen LogP contribution in [0.3, 0.4) is 0 Å². The molecule has 0 heterocycles. The Kier molecular flexibility index (Phi) is 8.71. The molecule has 3 aromatic carbocycles. The molecule has 0 unspecified atom stereocenters. The molecule has 0 aliphatic heterocycles. The molecule has 0 bridgehead atoms. The van der Waals surface area contributed by atoms with E-state index >= 15 is 0 Å². The molecule has 0 spiro atoms. The van der Waals surface area contributed by atoms with Crippen LogP contribution < -0.4 is 10.6 Å². The summed E-state index contributed by atoms with van der Waals surface area (Å²) in [6.07, 6.45) is 5.67. The molecule has 5 heteroatoms. The van der Waals surface area contributed by atoms with Crippen molar-refractivity contribution in [2.45, 2.75) is 19.4 Å². The first-order chi connectivity index (χ1) is 15.1. The highest BCUT2D eigenvalue weighted by Gasteiger charge is 2.09. The van der Waals surface area contributed by atoms with Crippen LogP contribution in [0.15, 0.2) is 78.9 Å². The van der Waals surface area contributed by atoms with E-state index in [0.29, 0.717) is 18.7 Å². The van der Waals surface area contributed by atoms with E-state index in [1.807, 2.05) is 72.8 Å². The third kappa shape index (κ3) is 7.59. The summed E-state index contributed by atoms with van der Waals surface area (Å²) < 4.78 is 0. The second-order valence-corrected chi connectivity index (χ2v) is 7.69. The first-order valence-electron chi connectivity index (χ1n) is 10.4. The second-order valence-electron chi connectivity index (χ2n) is 7.25. The lowest BCUT2D eigenvalue weighted by Gasteiger charge is -2.11. The average Bonchev–Trinajstić information content (AvgIpc) is 2.79. The van der Waals surface area contributed by atoms with Gasteiger partial charge >= 0.3 is 0 Å². The number of halogens is 1. The third-order valence-electron chi connectivity index (χ3n) is 4.88. The Morgan fingerprint density at radius 1 is 0.935 bits per heavy atom. The fourth-order valence-corrected chi connectivity index (χ4v) is 3.30. The lowest BCUT2D eigenvalue weighted by atomic mass is 10.1. The predicted octanol–water partition coefficient (Wildman–Crippen LogP) is 5.21. The standard InChI is InChI=1S/C26H27ClN2O2/c27-23-12-8-20(9-13-23)5-3-4-17-29-26(31)25-7-2-1-6-22(25)19-28-18-16-21-10-14-24(30)15-11-21/h1-3,5-15,28,30H,4,16-19H2,(H,29,31)/b5-3-. The van der Waals surface area contributed by atoms with Crippen LogP contribution in [0.4, 0.5) is 0 Å². The van der Waals surface area contributed by atoms with Crippen LogP contribution in [0.5, 0.6) is 5.75 Å². The third-order valence-corrected chi connectivity index (χ3v) is 5.13. The summed E-state index contributed by atoms with van der Waals surface area (Å²) >= 11 is 5.89. The van der Waals surface area contributed by atoms with Gasteiger partial charge in [-0.15, -0.1) is 0 Å². The highest BCUT2D eigenvalue weighted by atomic mass is 35.5. The van der Waals surface area contributed by atoms with Crippen molar-refractivity contribution in [2.24, 2.45) is 0 Å². The van der Waals surface area contributed by atoms with Crippen LogP contribution in [0.2, 0.25) is 5.02 Å². The molecule has 0 saturated heterocycles. The van der Waals surface area contributed by atoms with Gasteiger partial charge in [-0.2, -0.15) is 0 Å². The lowest BCUT2D eigenvalue weighted by Crippen LogP contribution is -2.26. The van der Waals surface area contributed by atoms with Gasteiger partial charge in [0, 0.05) is 23.7 Å². The molecule has 0 aliphatic carbocycles. The van der Waals surface area contributed by atoms with Gasteiger partial charge in [-0.3, -0.25) is 4.79 Å². The molecular formula is C26H27ClN2O2. The second kappa shape index (κ2) is 11.9. The van der Waals surface area contributed by atoms with Gasteiger partial charge in [0.05, 0.1) is 0 Å². The molecule has 0 radical (unpaired) electrons. The Morgan fingerprint density at radius 3 is 2.45 bits per heavy atom. The van der Waals surface area contributed by atoms with Crippen molar-refractivity contribution in [2.75, 3.05) is 13.1 Å². The van der Waals surface area contributed by atoms with Crippen molar-refractivity contribution in [3.63, 3.8) is 0 Å². The quantitative estimate of drug-likeness (QED) is 0.384. The number of hydrogen-bond acceptors (Lipinski definition) is 3. The fourth-order valence-electron chi connectivity index (χ4n) is 3.17. The molecule has 1 amide bonds. The van der Waals surface area contributed by atoms with Crippen molar-refractivity contribution < 1.29 is 9.90 Å². The van der Waals surface area contributed by atoms with Crippen molar-refractivity contribution in [3.05, 3.63) is 106 Å². The zero-order chi connectivity index (χ0) is 21.9.